The highest BCUT2D eigenvalue weighted by Gasteiger charge is 2.27. The number of rotatable bonds is 4. The molecule has 0 aliphatic carbocycles. The van der Waals surface area contributed by atoms with Gasteiger partial charge >= 0.3 is 0 Å². The van der Waals surface area contributed by atoms with Gasteiger partial charge < -0.3 is 4.74 Å². The fraction of sp³-hybridized carbons (Fsp3) is 0.0417. The number of hydrogen-bond acceptors (Lipinski definition) is 4. The molecule has 0 radical (unpaired) electrons. The Morgan fingerprint density at radius 2 is 1.52 bits per heavy atom. The summed E-state index contributed by atoms with van der Waals surface area (Å²) in [7, 11) is -3.93. The average Bonchev–Trinajstić information content (AvgIpc) is 2.78. The first-order chi connectivity index (χ1) is 14.1. The minimum atomic E-state index is -3.93. The number of allylic oxidation sites excluding steroid dienone is 1. The smallest absolute Gasteiger partial charge is 0.216 e. The molecule has 0 saturated carbocycles. The first kappa shape index (κ1) is 18.7. The van der Waals surface area contributed by atoms with E-state index >= 15 is 0 Å². The van der Waals surface area contributed by atoms with Gasteiger partial charge in [0.15, 0.2) is 0 Å². The Hall–Kier alpha value is -3.62. The Morgan fingerprint density at radius 1 is 0.897 bits per heavy atom. The van der Waals surface area contributed by atoms with Crippen molar-refractivity contribution in [3.05, 3.63) is 113 Å². The van der Waals surface area contributed by atoms with Gasteiger partial charge in [0.1, 0.15) is 22.8 Å². The lowest BCUT2D eigenvalue weighted by atomic mass is 9.96. The van der Waals surface area contributed by atoms with Crippen LogP contribution in [0.1, 0.15) is 17.2 Å². The standard InChI is InChI=1S/C24H17NO3S/c25-17-22(29(26,27)21-12-5-2-6-13-21)16-20-15-19-11-7-8-14-23(19)28-24(20)18-9-3-1-4-10-18/h1-16,24H/b22-16+. The monoisotopic (exact) mass is 399 g/mol. The third-order valence-corrected chi connectivity index (χ3v) is 6.32. The second kappa shape index (κ2) is 7.78. The molecule has 1 atom stereocenters. The molecule has 0 spiro atoms. The summed E-state index contributed by atoms with van der Waals surface area (Å²) in [6, 6.07) is 26.9. The molecule has 4 rings (SSSR count). The van der Waals surface area contributed by atoms with Crippen LogP contribution in [0.4, 0.5) is 0 Å². The summed E-state index contributed by atoms with van der Waals surface area (Å²) in [4.78, 5) is -0.236. The van der Waals surface area contributed by atoms with Crippen molar-refractivity contribution in [2.45, 2.75) is 11.0 Å². The van der Waals surface area contributed by atoms with Gasteiger partial charge in [-0.3, -0.25) is 0 Å². The maximum Gasteiger partial charge on any atom is 0.216 e. The van der Waals surface area contributed by atoms with E-state index in [-0.39, 0.29) is 9.80 Å². The van der Waals surface area contributed by atoms with Crippen molar-refractivity contribution in [1.29, 1.82) is 5.26 Å². The summed E-state index contributed by atoms with van der Waals surface area (Å²) in [5.74, 6) is 0.711. The van der Waals surface area contributed by atoms with Crippen molar-refractivity contribution in [1.82, 2.24) is 0 Å². The lowest BCUT2D eigenvalue weighted by Crippen LogP contribution is -2.15. The third kappa shape index (κ3) is 3.71. The van der Waals surface area contributed by atoms with Crippen molar-refractivity contribution in [3.63, 3.8) is 0 Å². The molecule has 3 aromatic carbocycles. The van der Waals surface area contributed by atoms with Crippen LogP contribution in [0.2, 0.25) is 0 Å². The predicted molar refractivity (Wildman–Crippen MR) is 112 cm³/mol. The topological polar surface area (TPSA) is 67.2 Å². The average molecular weight is 399 g/mol. The normalized spacial score (nSPS) is 16.2. The molecule has 142 valence electrons. The number of ether oxygens (including phenoxy) is 1. The van der Waals surface area contributed by atoms with Crippen molar-refractivity contribution in [2.75, 3.05) is 0 Å². The van der Waals surface area contributed by atoms with E-state index in [1.54, 1.807) is 18.2 Å². The number of fused-ring (bicyclic) bond motifs is 1. The van der Waals surface area contributed by atoms with Gasteiger partial charge in [-0.1, -0.05) is 66.7 Å². The van der Waals surface area contributed by atoms with Crippen molar-refractivity contribution in [3.8, 4) is 11.8 Å². The molecule has 0 bridgehead atoms. The molecule has 1 aliphatic rings. The van der Waals surface area contributed by atoms with Crippen LogP contribution < -0.4 is 4.74 Å². The summed E-state index contributed by atoms with van der Waals surface area (Å²) in [6.07, 6.45) is 2.77. The van der Waals surface area contributed by atoms with E-state index in [0.717, 1.165) is 11.1 Å². The van der Waals surface area contributed by atoms with Crippen LogP contribution in [0.5, 0.6) is 5.75 Å². The first-order valence-corrected chi connectivity index (χ1v) is 10.5. The van der Waals surface area contributed by atoms with Gasteiger partial charge in [-0.2, -0.15) is 5.26 Å². The lowest BCUT2D eigenvalue weighted by molar-refractivity contribution is 0.243. The summed E-state index contributed by atoms with van der Waals surface area (Å²) in [5.41, 5.74) is 2.31. The van der Waals surface area contributed by atoms with Crippen LogP contribution in [-0.2, 0) is 9.84 Å². The minimum absolute atomic E-state index is 0.0850. The van der Waals surface area contributed by atoms with Gasteiger partial charge in [0.25, 0.3) is 0 Å². The van der Waals surface area contributed by atoms with Gasteiger partial charge in [0.05, 0.1) is 4.90 Å². The molecule has 0 aromatic heterocycles. The SMILES string of the molecule is N#C/C(=C\C1=Cc2ccccc2OC1c1ccccc1)S(=O)(=O)c1ccccc1. The molecule has 1 unspecified atom stereocenters. The number of nitriles is 1. The Labute approximate surface area is 169 Å². The van der Waals surface area contributed by atoms with E-state index in [1.165, 1.54) is 18.2 Å². The maximum atomic E-state index is 13.0. The highest BCUT2D eigenvalue weighted by molar-refractivity contribution is 7.95. The van der Waals surface area contributed by atoms with Gasteiger partial charge in [-0.05, 0) is 41.5 Å². The molecule has 0 saturated heterocycles. The fourth-order valence-electron chi connectivity index (χ4n) is 3.21. The second-order valence-corrected chi connectivity index (χ2v) is 8.45. The van der Waals surface area contributed by atoms with E-state index in [2.05, 4.69) is 0 Å². The first-order valence-electron chi connectivity index (χ1n) is 9.04. The highest BCUT2D eigenvalue weighted by atomic mass is 32.2. The minimum Gasteiger partial charge on any atom is -0.480 e. The zero-order valence-electron chi connectivity index (χ0n) is 15.4. The second-order valence-electron chi connectivity index (χ2n) is 6.53. The van der Waals surface area contributed by atoms with E-state index in [0.29, 0.717) is 11.3 Å². The molecule has 0 amide bonds. The largest absolute Gasteiger partial charge is 0.480 e. The van der Waals surface area contributed by atoms with Crippen LogP contribution in [0.15, 0.2) is 106 Å². The van der Waals surface area contributed by atoms with Gasteiger partial charge in [0.2, 0.25) is 9.84 Å². The van der Waals surface area contributed by atoms with Crippen LogP contribution in [0, 0.1) is 11.3 Å². The summed E-state index contributed by atoms with van der Waals surface area (Å²) in [6.45, 7) is 0. The van der Waals surface area contributed by atoms with E-state index in [9.17, 15) is 13.7 Å². The zero-order valence-corrected chi connectivity index (χ0v) is 16.2. The molecular weight excluding hydrogens is 382 g/mol. The highest BCUT2D eigenvalue weighted by Crippen LogP contribution is 2.38. The molecule has 5 heteroatoms. The van der Waals surface area contributed by atoms with E-state index in [4.69, 9.17) is 4.74 Å². The van der Waals surface area contributed by atoms with Gasteiger partial charge in [0, 0.05) is 5.56 Å². The molecule has 1 heterocycles. The van der Waals surface area contributed by atoms with Crippen LogP contribution >= 0.6 is 0 Å². The van der Waals surface area contributed by atoms with Crippen molar-refractivity contribution < 1.29 is 13.2 Å². The Kier molecular flexibility index (Phi) is 5.03. The van der Waals surface area contributed by atoms with Gasteiger partial charge in [-0.15, -0.1) is 0 Å². The van der Waals surface area contributed by atoms with Crippen LogP contribution in [-0.4, -0.2) is 8.42 Å². The molecule has 4 nitrogen and oxygen atoms in total. The van der Waals surface area contributed by atoms with Crippen molar-refractivity contribution in [2.24, 2.45) is 0 Å². The molecule has 29 heavy (non-hydrogen) atoms. The predicted octanol–water partition coefficient (Wildman–Crippen LogP) is 5.09. The van der Waals surface area contributed by atoms with E-state index < -0.39 is 15.9 Å². The molecule has 3 aromatic rings. The summed E-state index contributed by atoms with van der Waals surface area (Å²) >= 11 is 0. The number of benzene rings is 3. The summed E-state index contributed by atoms with van der Waals surface area (Å²) in [5, 5.41) is 9.64. The Morgan fingerprint density at radius 3 is 2.21 bits per heavy atom. The maximum absolute atomic E-state index is 13.0. The molecular formula is C24H17NO3S. The van der Waals surface area contributed by atoms with Gasteiger partial charge in [-0.25, -0.2) is 8.42 Å². The number of para-hydroxylation sites is 1. The third-order valence-electron chi connectivity index (χ3n) is 4.64. The van der Waals surface area contributed by atoms with E-state index in [1.807, 2.05) is 66.7 Å². The quantitative estimate of drug-likeness (QED) is 0.574. The van der Waals surface area contributed by atoms with Crippen molar-refractivity contribution >= 4 is 15.9 Å². The number of sulfone groups is 1. The molecule has 1 aliphatic heterocycles. The zero-order chi connectivity index (χ0) is 20.3. The fourth-order valence-corrected chi connectivity index (χ4v) is 4.39. The van der Waals surface area contributed by atoms with Crippen LogP contribution in [0.25, 0.3) is 6.08 Å². The Balaban J connectivity index is 1.85. The number of nitrogens with zero attached hydrogens (tertiary/aromatic N) is 1. The number of hydrogen-bond donors (Lipinski definition) is 0. The summed E-state index contributed by atoms with van der Waals surface area (Å²) < 4.78 is 32.1. The Bertz CT molecular complexity index is 1240. The van der Waals surface area contributed by atoms with Crippen LogP contribution in [0.3, 0.4) is 0 Å². The lowest BCUT2D eigenvalue weighted by Gasteiger charge is -2.26. The molecule has 0 fully saturated rings. The molecule has 0 N–H and O–H groups in total.